The van der Waals surface area contributed by atoms with E-state index in [4.69, 9.17) is 11.6 Å². The molecule has 0 unspecified atom stereocenters. The molecule has 0 heterocycles. The van der Waals surface area contributed by atoms with Crippen LogP contribution >= 0.6 is 27.5 Å². The van der Waals surface area contributed by atoms with Crippen molar-refractivity contribution in [2.45, 2.75) is 44.7 Å². The highest BCUT2D eigenvalue weighted by Crippen LogP contribution is 2.30. The number of halogens is 2. The Hall–Kier alpha value is -3.66. The van der Waals surface area contributed by atoms with Gasteiger partial charge >= 0.3 is 0 Å². The molecule has 0 fully saturated rings. The zero-order chi connectivity index (χ0) is 32.6. The second kappa shape index (κ2) is 15.6. The lowest BCUT2D eigenvalue weighted by molar-refractivity contribution is -0.140. The summed E-state index contributed by atoms with van der Waals surface area (Å²) in [6, 6.07) is 28.9. The normalized spacial score (nSPS) is 12.0. The number of sulfonamides is 1. The minimum atomic E-state index is -4.21. The van der Waals surface area contributed by atoms with Gasteiger partial charge in [-0.2, -0.15) is 0 Å². The maximum absolute atomic E-state index is 14.6. The lowest BCUT2D eigenvalue weighted by Gasteiger charge is -2.34. The van der Waals surface area contributed by atoms with Crippen LogP contribution in [0.2, 0.25) is 5.02 Å². The molecule has 0 saturated heterocycles. The lowest BCUT2D eigenvalue weighted by atomic mass is 10.0. The van der Waals surface area contributed by atoms with Gasteiger partial charge in [0.2, 0.25) is 11.8 Å². The van der Waals surface area contributed by atoms with Crippen molar-refractivity contribution >= 4 is 55.1 Å². The van der Waals surface area contributed by atoms with Gasteiger partial charge in [-0.3, -0.25) is 13.9 Å². The van der Waals surface area contributed by atoms with Gasteiger partial charge in [0, 0.05) is 29.0 Å². The van der Waals surface area contributed by atoms with Gasteiger partial charge in [-0.15, -0.1) is 0 Å². The van der Waals surface area contributed by atoms with E-state index in [-0.39, 0.29) is 35.4 Å². The zero-order valence-corrected chi connectivity index (χ0v) is 28.6. The summed E-state index contributed by atoms with van der Waals surface area (Å²) in [6.45, 7) is 5.72. The maximum Gasteiger partial charge on any atom is 0.264 e. The Balaban J connectivity index is 1.82. The molecule has 4 aromatic carbocycles. The second-order valence-electron chi connectivity index (χ2n) is 11.3. The molecule has 7 nitrogen and oxygen atoms in total. The summed E-state index contributed by atoms with van der Waals surface area (Å²) in [6.07, 6.45) is 0.242. The molecular weight excluding hydrogens is 674 g/mol. The van der Waals surface area contributed by atoms with Crippen LogP contribution in [0.4, 0.5) is 5.69 Å². The largest absolute Gasteiger partial charge is 0.354 e. The summed E-state index contributed by atoms with van der Waals surface area (Å²) in [5, 5.41) is 3.33. The van der Waals surface area contributed by atoms with Crippen molar-refractivity contribution in [1.29, 1.82) is 0 Å². The van der Waals surface area contributed by atoms with Crippen LogP contribution in [0.5, 0.6) is 0 Å². The molecule has 0 aliphatic rings. The fourth-order valence-corrected chi connectivity index (χ4v) is 7.00. The lowest BCUT2D eigenvalue weighted by Crippen LogP contribution is -2.53. The van der Waals surface area contributed by atoms with Crippen molar-refractivity contribution in [3.05, 3.63) is 129 Å². The van der Waals surface area contributed by atoms with Gasteiger partial charge in [0.25, 0.3) is 10.0 Å². The van der Waals surface area contributed by atoms with Gasteiger partial charge in [0.1, 0.15) is 12.6 Å². The topological polar surface area (TPSA) is 86.8 Å². The van der Waals surface area contributed by atoms with Crippen LogP contribution in [0.1, 0.15) is 30.5 Å². The van der Waals surface area contributed by atoms with Crippen LogP contribution < -0.4 is 9.62 Å². The average molecular weight is 711 g/mol. The van der Waals surface area contributed by atoms with E-state index in [0.717, 1.165) is 19.9 Å². The molecule has 0 radical (unpaired) electrons. The molecule has 0 bridgehead atoms. The van der Waals surface area contributed by atoms with Crippen LogP contribution in [-0.4, -0.2) is 44.3 Å². The third-order valence-electron chi connectivity index (χ3n) is 7.25. The van der Waals surface area contributed by atoms with Gasteiger partial charge in [-0.05, 0) is 65.9 Å². The van der Waals surface area contributed by atoms with E-state index in [0.29, 0.717) is 17.1 Å². The molecule has 0 aromatic heterocycles. The molecule has 45 heavy (non-hydrogen) atoms. The van der Waals surface area contributed by atoms with Crippen molar-refractivity contribution in [1.82, 2.24) is 10.2 Å². The quantitative estimate of drug-likeness (QED) is 0.162. The maximum atomic E-state index is 14.6. The average Bonchev–Trinajstić information content (AvgIpc) is 3.02. The summed E-state index contributed by atoms with van der Waals surface area (Å²) in [5.74, 6) is -0.653. The molecule has 236 valence electrons. The summed E-state index contributed by atoms with van der Waals surface area (Å²) >= 11 is 9.85. The highest BCUT2D eigenvalue weighted by atomic mass is 79.9. The fourth-order valence-electron chi connectivity index (χ4n) is 4.89. The molecule has 0 spiro atoms. The number of hydrogen-bond donors (Lipinski definition) is 1. The Labute approximate surface area is 279 Å². The van der Waals surface area contributed by atoms with Crippen molar-refractivity contribution in [3.63, 3.8) is 0 Å². The van der Waals surface area contributed by atoms with Crippen molar-refractivity contribution in [3.8, 4) is 0 Å². The van der Waals surface area contributed by atoms with Crippen molar-refractivity contribution in [2.24, 2.45) is 5.92 Å². The van der Waals surface area contributed by atoms with E-state index in [1.54, 1.807) is 43.3 Å². The fraction of sp³-hybridized carbons (Fsp3) is 0.257. The minimum absolute atomic E-state index is 0.0335. The minimum Gasteiger partial charge on any atom is -0.354 e. The van der Waals surface area contributed by atoms with Crippen LogP contribution in [0.15, 0.2) is 112 Å². The smallest absolute Gasteiger partial charge is 0.264 e. The van der Waals surface area contributed by atoms with Gasteiger partial charge < -0.3 is 10.2 Å². The van der Waals surface area contributed by atoms with E-state index in [1.165, 1.54) is 17.0 Å². The monoisotopic (exact) mass is 709 g/mol. The number of benzene rings is 4. The van der Waals surface area contributed by atoms with E-state index >= 15 is 0 Å². The van der Waals surface area contributed by atoms with Crippen molar-refractivity contribution in [2.75, 3.05) is 17.4 Å². The van der Waals surface area contributed by atoms with E-state index in [2.05, 4.69) is 21.2 Å². The SMILES string of the molecule is Cc1ccc(Cl)cc1N(CC(=O)N(Cc1cccc(Br)c1)[C@H](Cc1ccccc1)C(=O)NCC(C)C)S(=O)(=O)c1ccccc1. The predicted molar refractivity (Wildman–Crippen MR) is 184 cm³/mol. The third-order valence-corrected chi connectivity index (χ3v) is 9.75. The predicted octanol–water partition coefficient (Wildman–Crippen LogP) is 7.02. The molecule has 4 aromatic rings. The number of carbonyl (C=O) groups is 2. The molecular formula is C35H37BrClN3O4S. The molecule has 10 heteroatoms. The van der Waals surface area contributed by atoms with E-state index < -0.39 is 28.5 Å². The molecule has 0 saturated carbocycles. The van der Waals surface area contributed by atoms with E-state index in [1.807, 2.05) is 68.4 Å². The summed E-state index contributed by atoms with van der Waals surface area (Å²) in [7, 11) is -4.21. The number of hydrogen-bond acceptors (Lipinski definition) is 4. The van der Waals surface area contributed by atoms with Crippen LogP contribution in [0.3, 0.4) is 0 Å². The molecule has 0 aliphatic heterocycles. The summed E-state index contributed by atoms with van der Waals surface area (Å²) < 4.78 is 30.2. The van der Waals surface area contributed by atoms with Gasteiger partial charge in [-0.1, -0.05) is 108 Å². The first-order chi connectivity index (χ1) is 21.5. The van der Waals surface area contributed by atoms with Crippen LogP contribution in [0, 0.1) is 12.8 Å². The highest BCUT2D eigenvalue weighted by molar-refractivity contribution is 9.10. The first kappa shape index (κ1) is 34.2. The molecule has 1 N–H and O–H groups in total. The highest BCUT2D eigenvalue weighted by Gasteiger charge is 2.35. The Morgan fingerprint density at radius 1 is 0.867 bits per heavy atom. The van der Waals surface area contributed by atoms with Gasteiger partial charge in [-0.25, -0.2) is 8.42 Å². The number of nitrogens with one attached hydrogen (secondary N) is 1. The standard InChI is InChI=1S/C35H37BrClN3O4S/c1-25(2)22-38-35(42)33(20-27-11-6-4-7-12-27)39(23-28-13-10-14-29(36)19-28)34(41)24-40(32-21-30(37)18-17-26(32)3)45(43,44)31-15-8-5-9-16-31/h4-19,21,25,33H,20,22-24H2,1-3H3,(H,38,42)/t33-/m1/s1. The number of anilines is 1. The molecule has 4 rings (SSSR count). The third kappa shape index (κ3) is 9.19. The Kier molecular flexibility index (Phi) is 11.8. The van der Waals surface area contributed by atoms with Gasteiger partial charge in [0.15, 0.2) is 0 Å². The van der Waals surface area contributed by atoms with Gasteiger partial charge in [0.05, 0.1) is 10.6 Å². The Morgan fingerprint density at radius 2 is 1.51 bits per heavy atom. The molecule has 0 aliphatic carbocycles. The number of aryl methyl sites for hydroxylation is 1. The number of amides is 2. The number of rotatable bonds is 13. The Morgan fingerprint density at radius 3 is 2.16 bits per heavy atom. The summed E-state index contributed by atoms with van der Waals surface area (Å²) in [5.41, 5.74) is 2.56. The van der Waals surface area contributed by atoms with Crippen molar-refractivity contribution < 1.29 is 18.0 Å². The first-order valence-corrected chi connectivity index (χ1v) is 17.3. The molecule has 1 atom stereocenters. The number of carbonyl (C=O) groups excluding carboxylic acids is 2. The second-order valence-corrected chi connectivity index (χ2v) is 14.5. The molecule has 2 amide bonds. The first-order valence-electron chi connectivity index (χ1n) is 14.6. The van der Waals surface area contributed by atoms with E-state index in [9.17, 15) is 18.0 Å². The van der Waals surface area contributed by atoms with Crippen LogP contribution in [0.25, 0.3) is 0 Å². The Bertz CT molecular complexity index is 1720. The summed E-state index contributed by atoms with van der Waals surface area (Å²) in [4.78, 5) is 29.9. The van der Waals surface area contributed by atoms with Crippen LogP contribution in [-0.2, 0) is 32.6 Å². The number of nitrogens with zero attached hydrogens (tertiary/aromatic N) is 2. The zero-order valence-electron chi connectivity index (χ0n) is 25.5.